The maximum Gasteiger partial charge on any atom is 0.153 e. The molecule has 4 heteroatoms. The Balaban J connectivity index is 2.01. The third kappa shape index (κ3) is 3.23. The Labute approximate surface area is 110 Å². The third-order valence-corrected chi connectivity index (χ3v) is 4.43. The van der Waals surface area contributed by atoms with E-state index in [4.69, 9.17) is 4.74 Å². The summed E-state index contributed by atoms with van der Waals surface area (Å²) in [6, 6.07) is 0.481. The van der Waals surface area contributed by atoms with Gasteiger partial charge in [-0.3, -0.25) is 5.43 Å². The van der Waals surface area contributed by atoms with Gasteiger partial charge in [0.05, 0.1) is 0 Å². The fraction of sp³-hybridized carbons (Fsp3) is 1.00. The fourth-order valence-corrected chi connectivity index (χ4v) is 3.59. The molecule has 1 heterocycles. The van der Waals surface area contributed by atoms with Gasteiger partial charge in [-0.05, 0) is 31.6 Å². The second-order valence-electron chi connectivity index (χ2n) is 6.19. The van der Waals surface area contributed by atoms with Crippen molar-refractivity contribution in [3.63, 3.8) is 0 Å². The van der Waals surface area contributed by atoms with Crippen molar-refractivity contribution in [2.24, 2.45) is 17.8 Å². The molecule has 0 spiro atoms. The smallest absolute Gasteiger partial charge is 0.153 e. The molecule has 0 aromatic heterocycles. The van der Waals surface area contributed by atoms with Gasteiger partial charge in [0.15, 0.2) is 6.29 Å². The van der Waals surface area contributed by atoms with E-state index in [0.717, 1.165) is 5.92 Å². The van der Waals surface area contributed by atoms with Crippen LogP contribution in [0.1, 0.15) is 52.9 Å². The third-order valence-electron chi connectivity index (χ3n) is 4.43. The lowest BCUT2D eigenvalue weighted by atomic mass is 9.75. The second kappa shape index (κ2) is 6.33. The van der Waals surface area contributed by atoms with Crippen LogP contribution in [0, 0.1) is 17.8 Å². The predicted molar refractivity (Wildman–Crippen MR) is 71.5 cm³/mol. The van der Waals surface area contributed by atoms with Gasteiger partial charge >= 0.3 is 0 Å². The highest BCUT2D eigenvalue weighted by Crippen LogP contribution is 2.36. The lowest BCUT2D eigenvalue weighted by molar-refractivity contribution is -0.147. The summed E-state index contributed by atoms with van der Waals surface area (Å²) in [7, 11) is 0. The summed E-state index contributed by atoms with van der Waals surface area (Å²) in [4.78, 5) is 0. The largest absolute Gasteiger partial charge is 0.368 e. The quantitative estimate of drug-likeness (QED) is 0.673. The van der Waals surface area contributed by atoms with E-state index in [0.29, 0.717) is 17.9 Å². The molecule has 0 aromatic carbocycles. The number of rotatable bonds is 4. The first-order valence-corrected chi connectivity index (χ1v) is 7.44. The average molecular weight is 256 g/mol. The van der Waals surface area contributed by atoms with E-state index in [1.54, 1.807) is 6.92 Å². The predicted octanol–water partition coefficient (Wildman–Crippen LogP) is 2.00. The van der Waals surface area contributed by atoms with Crippen molar-refractivity contribution in [2.45, 2.75) is 71.4 Å². The van der Waals surface area contributed by atoms with E-state index in [9.17, 15) is 5.11 Å². The van der Waals surface area contributed by atoms with Gasteiger partial charge in [0, 0.05) is 12.0 Å². The van der Waals surface area contributed by atoms with E-state index in [1.807, 2.05) is 0 Å². The Morgan fingerprint density at radius 3 is 2.28 bits per heavy atom. The second-order valence-corrected chi connectivity index (χ2v) is 6.19. The highest BCUT2D eigenvalue weighted by molar-refractivity contribution is 4.93. The lowest BCUT2D eigenvalue weighted by Gasteiger charge is -2.34. The molecule has 1 aliphatic carbocycles. The van der Waals surface area contributed by atoms with Gasteiger partial charge in [-0.25, -0.2) is 5.43 Å². The Hall–Kier alpha value is -0.160. The molecule has 2 fully saturated rings. The van der Waals surface area contributed by atoms with E-state index >= 15 is 0 Å². The maximum atomic E-state index is 9.42. The molecule has 4 unspecified atom stereocenters. The fourth-order valence-electron chi connectivity index (χ4n) is 3.59. The topological polar surface area (TPSA) is 53.5 Å². The van der Waals surface area contributed by atoms with Crippen molar-refractivity contribution >= 4 is 0 Å². The zero-order chi connectivity index (χ0) is 13.1. The molecule has 1 saturated carbocycles. The van der Waals surface area contributed by atoms with Gasteiger partial charge in [0.25, 0.3) is 0 Å². The van der Waals surface area contributed by atoms with Crippen LogP contribution in [0.2, 0.25) is 0 Å². The number of aliphatic hydroxyl groups is 1. The number of aliphatic hydroxyl groups excluding tert-OH is 1. The van der Waals surface area contributed by atoms with Crippen LogP contribution in [0.5, 0.6) is 0 Å². The molecule has 0 radical (unpaired) electrons. The van der Waals surface area contributed by atoms with Crippen molar-refractivity contribution in [1.82, 2.24) is 10.9 Å². The molecule has 0 bridgehead atoms. The molecule has 1 aliphatic heterocycles. The molecule has 18 heavy (non-hydrogen) atoms. The van der Waals surface area contributed by atoms with E-state index in [-0.39, 0.29) is 6.23 Å². The molecule has 4 atom stereocenters. The zero-order valence-electron chi connectivity index (χ0n) is 11.9. The minimum Gasteiger partial charge on any atom is -0.368 e. The summed E-state index contributed by atoms with van der Waals surface area (Å²) >= 11 is 0. The first-order chi connectivity index (χ1) is 8.59. The van der Waals surface area contributed by atoms with Crippen LogP contribution < -0.4 is 10.9 Å². The molecule has 0 amide bonds. The van der Waals surface area contributed by atoms with Crippen LogP contribution in [0.15, 0.2) is 0 Å². The molecule has 0 aromatic rings. The molecule has 4 nitrogen and oxygen atoms in total. The van der Waals surface area contributed by atoms with Gasteiger partial charge < -0.3 is 9.84 Å². The number of nitrogens with one attached hydrogen (secondary N) is 2. The summed E-state index contributed by atoms with van der Waals surface area (Å²) in [6.45, 7) is 6.16. The SMILES string of the molecule is CC(O)OC1NNC(C2CCCCC2)C1C(C)C. The molecule has 106 valence electrons. The summed E-state index contributed by atoms with van der Waals surface area (Å²) in [6.07, 6.45) is 5.96. The summed E-state index contributed by atoms with van der Waals surface area (Å²) in [5.74, 6) is 1.73. The monoisotopic (exact) mass is 256 g/mol. The standard InChI is InChI=1S/C14H28N2O2/c1-9(2)12-13(11-7-5-4-6-8-11)15-16-14(12)18-10(3)17/h9-17H,4-8H2,1-3H3. The Morgan fingerprint density at radius 2 is 1.72 bits per heavy atom. The van der Waals surface area contributed by atoms with Gasteiger partial charge in [-0.1, -0.05) is 33.1 Å². The van der Waals surface area contributed by atoms with Crippen molar-refractivity contribution in [1.29, 1.82) is 0 Å². The number of hydrazine groups is 1. The highest BCUT2D eigenvalue weighted by atomic mass is 16.6. The molecule has 3 N–H and O–H groups in total. The van der Waals surface area contributed by atoms with Crippen molar-refractivity contribution in [3.8, 4) is 0 Å². The van der Waals surface area contributed by atoms with Crippen molar-refractivity contribution in [2.75, 3.05) is 0 Å². The molecule has 1 saturated heterocycles. The van der Waals surface area contributed by atoms with Gasteiger partial charge in [-0.15, -0.1) is 0 Å². The molecule has 2 rings (SSSR count). The van der Waals surface area contributed by atoms with Crippen LogP contribution in [-0.4, -0.2) is 23.7 Å². The first kappa shape index (κ1) is 14.3. The zero-order valence-corrected chi connectivity index (χ0v) is 11.9. The Bertz CT molecular complexity index is 252. The summed E-state index contributed by atoms with van der Waals surface area (Å²) in [5.41, 5.74) is 6.66. The number of ether oxygens (including phenoxy) is 1. The molecular weight excluding hydrogens is 228 g/mol. The van der Waals surface area contributed by atoms with E-state index in [1.165, 1.54) is 32.1 Å². The summed E-state index contributed by atoms with van der Waals surface area (Å²) < 4.78 is 5.59. The molecular formula is C14H28N2O2. The molecule has 2 aliphatic rings. The van der Waals surface area contributed by atoms with Gasteiger partial charge in [0.1, 0.15) is 6.23 Å². The van der Waals surface area contributed by atoms with Crippen molar-refractivity contribution < 1.29 is 9.84 Å². The number of hydrogen-bond acceptors (Lipinski definition) is 4. The van der Waals surface area contributed by atoms with Crippen LogP contribution in [0.25, 0.3) is 0 Å². The van der Waals surface area contributed by atoms with Gasteiger partial charge in [-0.2, -0.15) is 0 Å². The van der Waals surface area contributed by atoms with Crippen LogP contribution in [-0.2, 0) is 4.74 Å². The van der Waals surface area contributed by atoms with Gasteiger partial charge in [0.2, 0.25) is 0 Å². The minimum absolute atomic E-state index is 0.0723. The van der Waals surface area contributed by atoms with Crippen LogP contribution in [0.4, 0.5) is 0 Å². The van der Waals surface area contributed by atoms with E-state index < -0.39 is 6.29 Å². The summed E-state index contributed by atoms with van der Waals surface area (Å²) in [5, 5.41) is 9.42. The Morgan fingerprint density at radius 1 is 1.06 bits per heavy atom. The average Bonchev–Trinajstić information content (AvgIpc) is 2.73. The Kier molecular flexibility index (Phi) is 5.01. The van der Waals surface area contributed by atoms with E-state index in [2.05, 4.69) is 24.7 Å². The first-order valence-electron chi connectivity index (χ1n) is 7.44. The lowest BCUT2D eigenvalue weighted by Crippen LogP contribution is -2.40. The van der Waals surface area contributed by atoms with Crippen molar-refractivity contribution in [3.05, 3.63) is 0 Å². The highest BCUT2D eigenvalue weighted by Gasteiger charge is 2.42. The van der Waals surface area contributed by atoms with Crippen LogP contribution >= 0.6 is 0 Å². The van der Waals surface area contributed by atoms with Crippen LogP contribution in [0.3, 0.4) is 0 Å². The normalized spacial score (nSPS) is 36.2. The number of hydrogen-bond donors (Lipinski definition) is 3. The maximum absolute atomic E-state index is 9.42. The minimum atomic E-state index is -0.712.